The fourth-order valence-electron chi connectivity index (χ4n) is 5.93. The second-order valence-corrected chi connectivity index (χ2v) is 12.8. The van der Waals surface area contributed by atoms with Crippen LogP contribution in [0.3, 0.4) is 0 Å². The number of nitrogens with zero attached hydrogens (tertiary/aromatic N) is 1. The summed E-state index contributed by atoms with van der Waals surface area (Å²) in [7, 11) is 0. The summed E-state index contributed by atoms with van der Waals surface area (Å²) in [5, 5.41) is 14.8. The third-order valence-electron chi connectivity index (χ3n) is 8.60. The van der Waals surface area contributed by atoms with E-state index in [1.54, 1.807) is 0 Å². The molecule has 1 unspecified atom stereocenters. The standard InChI is InChI=1S/C37H39FN4O2/c1-37(2,3)27-19-25(23-8-11-30(12-9-23)42-16-14-29(39)15-17-42)18-26(20-27)36(44)41-35(31-22-28(38)10-13-34(31)43)33-21-24-6-4-5-7-32(24)40-33/h4-13,18-22,29,35,40,43H,14-17,39H2,1-3H3,(H,41,44). The lowest BCUT2D eigenvalue weighted by Crippen LogP contribution is -2.39. The molecule has 5 aromatic rings. The van der Waals surface area contributed by atoms with E-state index >= 15 is 0 Å². The van der Waals surface area contributed by atoms with Crippen molar-refractivity contribution in [3.05, 3.63) is 119 Å². The number of H-pyrrole nitrogens is 1. The van der Waals surface area contributed by atoms with Crippen molar-refractivity contribution in [2.24, 2.45) is 5.73 Å². The number of rotatable bonds is 6. The summed E-state index contributed by atoms with van der Waals surface area (Å²) in [6, 6.07) is 27.3. The first-order chi connectivity index (χ1) is 21.0. The fraction of sp³-hybridized carbons (Fsp3) is 0.270. The number of nitrogens with two attached hydrogens (primary N) is 1. The number of hydrogen-bond acceptors (Lipinski definition) is 4. The Morgan fingerprint density at radius 2 is 1.68 bits per heavy atom. The lowest BCUT2D eigenvalue weighted by atomic mass is 9.84. The van der Waals surface area contributed by atoms with Gasteiger partial charge >= 0.3 is 0 Å². The highest BCUT2D eigenvalue weighted by molar-refractivity contribution is 5.96. The lowest BCUT2D eigenvalue weighted by Gasteiger charge is -2.32. The highest BCUT2D eigenvalue weighted by atomic mass is 19.1. The molecule has 2 heterocycles. The predicted molar refractivity (Wildman–Crippen MR) is 176 cm³/mol. The Morgan fingerprint density at radius 1 is 0.955 bits per heavy atom. The molecule has 1 amide bonds. The number of hydrogen-bond donors (Lipinski definition) is 4. The molecule has 1 fully saturated rings. The number of piperidine rings is 1. The molecule has 1 saturated heterocycles. The van der Waals surface area contributed by atoms with E-state index in [9.17, 15) is 14.3 Å². The van der Waals surface area contributed by atoms with Gasteiger partial charge in [0.25, 0.3) is 5.91 Å². The van der Waals surface area contributed by atoms with Crippen molar-refractivity contribution >= 4 is 22.5 Å². The van der Waals surface area contributed by atoms with Crippen LogP contribution in [-0.4, -0.2) is 35.1 Å². The maximum absolute atomic E-state index is 14.4. The van der Waals surface area contributed by atoms with Gasteiger partial charge in [0, 0.05) is 47.2 Å². The molecule has 0 spiro atoms. The number of nitrogens with one attached hydrogen (secondary N) is 2. The number of fused-ring (bicyclic) bond motifs is 1. The Hall–Kier alpha value is -4.62. The minimum absolute atomic E-state index is 0.102. The summed E-state index contributed by atoms with van der Waals surface area (Å²) in [4.78, 5) is 19.8. The number of carbonyl (C=O) groups excluding carboxylic acids is 1. The van der Waals surface area contributed by atoms with E-state index in [2.05, 4.69) is 66.3 Å². The van der Waals surface area contributed by atoms with Gasteiger partial charge in [0.15, 0.2) is 0 Å². The van der Waals surface area contributed by atoms with Crippen LogP contribution >= 0.6 is 0 Å². The van der Waals surface area contributed by atoms with Gasteiger partial charge in [0.2, 0.25) is 0 Å². The monoisotopic (exact) mass is 590 g/mol. The second kappa shape index (κ2) is 11.8. The Kier molecular flexibility index (Phi) is 7.91. The normalized spacial score (nSPS) is 15.0. The third kappa shape index (κ3) is 6.19. The van der Waals surface area contributed by atoms with Crippen LogP contribution in [0.25, 0.3) is 22.0 Å². The van der Waals surface area contributed by atoms with E-state index in [4.69, 9.17) is 5.73 Å². The quantitative estimate of drug-likeness (QED) is 0.166. The van der Waals surface area contributed by atoms with Crippen molar-refractivity contribution in [2.75, 3.05) is 18.0 Å². The zero-order valence-electron chi connectivity index (χ0n) is 25.4. The average Bonchev–Trinajstić information content (AvgIpc) is 3.45. The molecule has 1 aromatic heterocycles. The molecule has 1 aliphatic rings. The van der Waals surface area contributed by atoms with Gasteiger partial charge in [-0.15, -0.1) is 0 Å². The van der Waals surface area contributed by atoms with Crippen molar-refractivity contribution in [1.29, 1.82) is 0 Å². The van der Waals surface area contributed by atoms with Crippen LogP contribution in [0.2, 0.25) is 0 Å². The SMILES string of the molecule is CC(C)(C)c1cc(C(=O)NC(c2cc3ccccc3[nH]2)c2cc(F)ccc2O)cc(-c2ccc(N3CCC(N)CC3)cc2)c1. The fourth-order valence-corrected chi connectivity index (χ4v) is 5.93. The molecule has 4 aromatic carbocycles. The summed E-state index contributed by atoms with van der Waals surface area (Å²) in [5.41, 5.74) is 12.3. The van der Waals surface area contributed by atoms with Gasteiger partial charge in [0.05, 0.1) is 6.04 Å². The maximum Gasteiger partial charge on any atom is 0.252 e. The van der Waals surface area contributed by atoms with Crippen LogP contribution in [0.1, 0.15) is 66.8 Å². The molecule has 0 bridgehead atoms. The molecule has 1 aliphatic heterocycles. The van der Waals surface area contributed by atoms with Crippen molar-refractivity contribution in [3.8, 4) is 16.9 Å². The van der Waals surface area contributed by atoms with Gasteiger partial charge in [-0.2, -0.15) is 0 Å². The van der Waals surface area contributed by atoms with Gasteiger partial charge < -0.3 is 26.0 Å². The van der Waals surface area contributed by atoms with Crippen molar-refractivity contribution in [2.45, 2.75) is 51.1 Å². The molecule has 1 atom stereocenters. The van der Waals surface area contributed by atoms with Gasteiger partial charge in [0.1, 0.15) is 11.6 Å². The Bertz CT molecular complexity index is 1760. The van der Waals surface area contributed by atoms with Gasteiger partial charge in [-0.05, 0) is 94.9 Å². The van der Waals surface area contributed by atoms with Crippen molar-refractivity contribution in [1.82, 2.24) is 10.3 Å². The van der Waals surface area contributed by atoms with Crippen molar-refractivity contribution < 1.29 is 14.3 Å². The number of carbonyl (C=O) groups is 1. The smallest absolute Gasteiger partial charge is 0.252 e. The molecule has 226 valence electrons. The molecular formula is C37H39FN4O2. The zero-order chi connectivity index (χ0) is 31.0. The highest BCUT2D eigenvalue weighted by Gasteiger charge is 2.25. The minimum atomic E-state index is -0.815. The number of amides is 1. The first kappa shape index (κ1) is 29.5. The van der Waals surface area contributed by atoms with Gasteiger partial charge in [-0.1, -0.05) is 57.2 Å². The molecule has 7 heteroatoms. The van der Waals surface area contributed by atoms with Crippen LogP contribution in [0.5, 0.6) is 5.75 Å². The number of benzene rings is 4. The molecule has 6 nitrogen and oxygen atoms in total. The van der Waals surface area contributed by atoms with E-state index in [0.29, 0.717) is 11.3 Å². The number of aromatic hydroxyl groups is 1. The van der Waals surface area contributed by atoms with E-state index in [1.165, 1.54) is 23.9 Å². The Balaban J connectivity index is 1.36. The van der Waals surface area contributed by atoms with E-state index in [-0.39, 0.29) is 28.7 Å². The van der Waals surface area contributed by atoms with Crippen LogP contribution in [0.4, 0.5) is 10.1 Å². The number of aromatic amines is 1. The summed E-state index contributed by atoms with van der Waals surface area (Å²) < 4.78 is 14.4. The highest BCUT2D eigenvalue weighted by Crippen LogP contribution is 2.34. The van der Waals surface area contributed by atoms with Crippen LogP contribution in [0.15, 0.2) is 91.0 Å². The summed E-state index contributed by atoms with van der Waals surface area (Å²) in [6.45, 7) is 8.26. The number of halogens is 1. The number of aromatic nitrogens is 1. The molecular weight excluding hydrogens is 551 g/mol. The largest absolute Gasteiger partial charge is 0.508 e. The third-order valence-corrected chi connectivity index (χ3v) is 8.60. The summed E-state index contributed by atoms with van der Waals surface area (Å²) in [5.74, 6) is -0.928. The first-order valence-corrected chi connectivity index (χ1v) is 15.2. The molecule has 6 rings (SSSR count). The molecule has 44 heavy (non-hydrogen) atoms. The zero-order valence-corrected chi connectivity index (χ0v) is 25.4. The Labute approximate surface area is 257 Å². The second-order valence-electron chi connectivity index (χ2n) is 12.8. The van der Waals surface area contributed by atoms with Crippen LogP contribution < -0.4 is 16.0 Å². The molecule has 5 N–H and O–H groups in total. The minimum Gasteiger partial charge on any atom is -0.508 e. The van der Waals surface area contributed by atoms with Crippen LogP contribution in [0, 0.1) is 5.82 Å². The Morgan fingerprint density at radius 3 is 2.39 bits per heavy atom. The van der Waals surface area contributed by atoms with Gasteiger partial charge in [-0.25, -0.2) is 4.39 Å². The number of para-hydroxylation sites is 1. The topological polar surface area (TPSA) is 94.4 Å². The maximum atomic E-state index is 14.4. The van der Waals surface area contributed by atoms with Crippen molar-refractivity contribution in [3.63, 3.8) is 0 Å². The lowest BCUT2D eigenvalue weighted by molar-refractivity contribution is 0.0942. The average molecular weight is 591 g/mol. The molecule has 0 saturated carbocycles. The first-order valence-electron chi connectivity index (χ1n) is 15.2. The number of phenolic OH excluding ortho intramolecular Hbond substituents is 1. The van der Waals surface area contributed by atoms with Gasteiger partial charge in [-0.3, -0.25) is 4.79 Å². The van der Waals surface area contributed by atoms with Crippen LogP contribution in [-0.2, 0) is 5.41 Å². The van der Waals surface area contributed by atoms with E-state index < -0.39 is 11.9 Å². The molecule has 0 aliphatic carbocycles. The number of phenols is 1. The van der Waals surface area contributed by atoms with E-state index in [0.717, 1.165) is 53.5 Å². The summed E-state index contributed by atoms with van der Waals surface area (Å²) in [6.07, 6.45) is 1.97. The summed E-state index contributed by atoms with van der Waals surface area (Å²) >= 11 is 0. The predicted octanol–water partition coefficient (Wildman–Crippen LogP) is 7.42. The molecule has 0 radical (unpaired) electrons. The van der Waals surface area contributed by atoms with E-state index in [1.807, 2.05) is 42.5 Å². The number of anilines is 1.